The van der Waals surface area contributed by atoms with Gasteiger partial charge >= 0.3 is 5.97 Å². The molecule has 162 valence electrons. The first-order chi connectivity index (χ1) is 14.3. The lowest BCUT2D eigenvalue weighted by atomic mass is 10.1. The van der Waals surface area contributed by atoms with Crippen LogP contribution in [0.4, 0.5) is 0 Å². The zero-order valence-corrected chi connectivity index (χ0v) is 18.8. The Morgan fingerprint density at radius 1 is 0.793 bits per heavy atom. The molecule has 0 heterocycles. The first-order valence-electron chi connectivity index (χ1n) is 11.5. The van der Waals surface area contributed by atoms with Crippen LogP contribution >= 0.6 is 0 Å². The summed E-state index contributed by atoms with van der Waals surface area (Å²) >= 11 is 0. The van der Waals surface area contributed by atoms with E-state index in [1.807, 2.05) is 12.2 Å². The summed E-state index contributed by atoms with van der Waals surface area (Å²) < 4.78 is 4.92. The molecule has 0 radical (unpaired) electrons. The molecule has 0 saturated carbocycles. The third kappa shape index (κ3) is 26.0. The van der Waals surface area contributed by atoms with E-state index in [0.29, 0.717) is 6.61 Å². The van der Waals surface area contributed by atoms with E-state index in [1.165, 1.54) is 64.7 Å². The van der Waals surface area contributed by atoms with Crippen LogP contribution in [0.2, 0.25) is 0 Å². The zero-order valence-electron chi connectivity index (χ0n) is 18.8. The second-order valence-corrected chi connectivity index (χ2v) is 7.26. The molecule has 29 heavy (non-hydrogen) atoms. The maximum absolute atomic E-state index is 10.6. The molecule has 2 nitrogen and oxygen atoms in total. The van der Waals surface area contributed by atoms with Gasteiger partial charge in [-0.1, -0.05) is 113 Å². The summed E-state index contributed by atoms with van der Waals surface area (Å²) in [4.78, 5) is 10.6. The fourth-order valence-electron chi connectivity index (χ4n) is 2.72. The number of allylic oxidation sites excluding steroid dienone is 8. The lowest BCUT2D eigenvalue weighted by Crippen LogP contribution is -2.00. The lowest BCUT2D eigenvalue weighted by molar-refractivity contribution is -0.141. The predicted molar refractivity (Wildman–Crippen MR) is 127 cm³/mol. The van der Waals surface area contributed by atoms with Gasteiger partial charge in [0.25, 0.3) is 0 Å². The van der Waals surface area contributed by atoms with Gasteiger partial charge in [-0.05, 0) is 31.8 Å². The van der Waals surface area contributed by atoms with Crippen LogP contribution in [-0.4, -0.2) is 12.6 Å². The fraction of sp³-hybridized carbons (Fsp3) is 0.593. The van der Waals surface area contributed by atoms with Crippen LogP contribution in [-0.2, 0) is 9.53 Å². The molecule has 0 unspecified atom stereocenters. The van der Waals surface area contributed by atoms with Crippen molar-refractivity contribution in [2.45, 2.75) is 97.3 Å². The van der Waals surface area contributed by atoms with Crippen LogP contribution in [0.15, 0.2) is 48.6 Å². The van der Waals surface area contributed by atoms with Gasteiger partial charge in [-0.15, -0.1) is 0 Å². The summed E-state index contributed by atoms with van der Waals surface area (Å²) in [7, 11) is 0. The third-order valence-corrected chi connectivity index (χ3v) is 4.41. The molecule has 2 heteroatoms. The van der Waals surface area contributed by atoms with Crippen molar-refractivity contribution < 1.29 is 9.53 Å². The summed E-state index contributed by atoms with van der Waals surface area (Å²) in [6, 6.07) is 0. The van der Waals surface area contributed by atoms with Gasteiger partial charge in [-0.2, -0.15) is 0 Å². The van der Waals surface area contributed by atoms with E-state index in [9.17, 15) is 4.79 Å². The molecular weight excluding hydrogens is 356 g/mol. The Labute approximate surface area is 180 Å². The average molecular weight is 399 g/mol. The minimum absolute atomic E-state index is 0.172. The van der Waals surface area contributed by atoms with Crippen LogP contribution in [0.5, 0.6) is 0 Å². The predicted octanol–water partition coefficient (Wildman–Crippen LogP) is 7.87. The van der Waals surface area contributed by atoms with Crippen LogP contribution in [0.25, 0.3) is 0 Å². The number of hydrogen-bond donors (Lipinski definition) is 0. The zero-order chi connectivity index (χ0) is 21.3. The molecule has 0 rings (SSSR count). The molecule has 0 aromatic heterocycles. The summed E-state index contributed by atoms with van der Waals surface area (Å²) in [5.74, 6) is 6.16. The minimum atomic E-state index is -0.172. The van der Waals surface area contributed by atoms with Crippen LogP contribution in [0.3, 0.4) is 0 Å². The Balaban J connectivity index is 3.41. The fourth-order valence-corrected chi connectivity index (χ4v) is 2.72. The quantitative estimate of drug-likeness (QED) is 0.108. The van der Waals surface area contributed by atoms with E-state index < -0.39 is 0 Å². The van der Waals surface area contributed by atoms with Crippen molar-refractivity contribution in [3.8, 4) is 11.8 Å². The maximum atomic E-state index is 10.6. The maximum Gasteiger partial charge on any atom is 0.302 e. The number of carbonyl (C=O) groups excluding carboxylic acids is 1. The van der Waals surface area contributed by atoms with Crippen molar-refractivity contribution >= 4 is 5.97 Å². The SMILES string of the molecule is CCCC/C=C\C=C/C/C=C/C=C/C#CCCCCCCCCCCOC(C)=O. The Bertz CT molecular complexity index is 541. The molecule has 0 aliphatic heterocycles. The van der Waals surface area contributed by atoms with Gasteiger partial charge in [0.1, 0.15) is 0 Å². The van der Waals surface area contributed by atoms with Gasteiger partial charge in [-0.3, -0.25) is 4.79 Å². The first kappa shape index (κ1) is 27.0. The Kier molecular flexibility index (Phi) is 22.4. The summed E-state index contributed by atoms with van der Waals surface area (Å²) in [6.45, 7) is 4.26. The molecule has 0 aromatic rings. The molecule has 0 saturated heterocycles. The molecule has 0 bridgehead atoms. The second kappa shape index (κ2) is 24.0. The summed E-state index contributed by atoms with van der Waals surface area (Å²) in [5.41, 5.74) is 0. The lowest BCUT2D eigenvalue weighted by Gasteiger charge is -2.02. The number of ether oxygens (including phenoxy) is 1. The third-order valence-electron chi connectivity index (χ3n) is 4.41. The van der Waals surface area contributed by atoms with Crippen LogP contribution in [0, 0.1) is 11.8 Å². The molecule has 0 aromatic carbocycles. The van der Waals surface area contributed by atoms with E-state index in [0.717, 1.165) is 25.7 Å². The van der Waals surface area contributed by atoms with Gasteiger partial charge < -0.3 is 4.74 Å². The molecule has 0 aliphatic rings. The summed E-state index contributed by atoms with van der Waals surface area (Å²) in [6.07, 6.45) is 32.2. The number of carbonyl (C=O) groups is 1. The van der Waals surface area contributed by atoms with Gasteiger partial charge in [0.2, 0.25) is 0 Å². The molecule has 0 N–H and O–H groups in total. The topological polar surface area (TPSA) is 26.3 Å². The molecule has 0 spiro atoms. The number of hydrogen-bond acceptors (Lipinski definition) is 2. The van der Waals surface area contributed by atoms with Crippen molar-refractivity contribution in [2.75, 3.05) is 6.61 Å². The molecule has 0 aliphatic carbocycles. The van der Waals surface area contributed by atoms with Crippen molar-refractivity contribution in [1.29, 1.82) is 0 Å². The Hall–Kier alpha value is -2.01. The highest BCUT2D eigenvalue weighted by molar-refractivity contribution is 5.65. The smallest absolute Gasteiger partial charge is 0.302 e. The normalized spacial score (nSPS) is 11.7. The first-order valence-corrected chi connectivity index (χ1v) is 11.5. The average Bonchev–Trinajstić information content (AvgIpc) is 2.71. The van der Waals surface area contributed by atoms with E-state index in [1.54, 1.807) is 0 Å². The largest absolute Gasteiger partial charge is 0.466 e. The van der Waals surface area contributed by atoms with Crippen molar-refractivity contribution in [3.63, 3.8) is 0 Å². The highest BCUT2D eigenvalue weighted by Gasteiger charge is 1.94. The molecule has 0 fully saturated rings. The van der Waals surface area contributed by atoms with E-state index in [4.69, 9.17) is 4.74 Å². The highest BCUT2D eigenvalue weighted by atomic mass is 16.5. The van der Waals surface area contributed by atoms with Crippen molar-refractivity contribution in [2.24, 2.45) is 0 Å². The molecular formula is C27H42O2. The van der Waals surface area contributed by atoms with Gasteiger partial charge in [0.15, 0.2) is 0 Å². The number of unbranched alkanes of at least 4 members (excludes halogenated alkanes) is 10. The second-order valence-electron chi connectivity index (χ2n) is 7.26. The monoisotopic (exact) mass is 398 g/mol. The number of esters is 1. The minimum Gasteiger partial charge on any atom is -0.466 e. The van der Waals surface area contributed by atoms with Crippen molar-refractivity contribution in [3.05, 3.63) is 48.6 Å². The molecule has 0 amide bonds. The highest BCUT2D eigenvalue weighted by Crippen LogP contribution is 2.09. The Morgan fingerprint density at radius 2 is 1.41 bits per heavy atom. The van der Waals surface area contributed by atoms with Crippen molar-refractivity contribution in [1.82, 2.24) is 0 Å². The standard InChI is InChI=1S/C27H42O2/c1-3-4-5-6-7-8-9-10-11-12-13-14-15-16-17-18-19-20-21-22-23-24-25-26-29-27(2)28/h6-9,11-14H,3-5,10,17-26H2,1-2H3/b7-6-,9-8-,12-11+,14-13+. The van der Waals surface area contributed by atoms with Crippen LogP contribution < -0.4 is 0 Å². The van der Waals surface area contributed by atoms with Crippen LogP contribution in [0.1, 0.15) is 97.3 Å². The number of rotatable bonds is 17. The molecule has 0 atom stereocenters. The van der Waals surface area contributed by atoms with E-state index in [2.05, 4.69) is 55.2 Å². The van der Waals surface area contributed by atoms with E-state index >= 15 is 0 Å². The van der Waals surface area contributed by atoms with Gasteiger partial charge in [-0.25, -0.2) is 0 Å². The summed E-state index contributed by atoms with van der Waals surface area (Å²) in [5, 5.41) is 0. The Morgan fingerprint density at radius 3 is 2.10 bits per heavy atom. The van der Waals surface area contributed by atoms with Gasteiger partial charge in [0.05, 0.1) is 6.61 Å². The van der Waals surface area contributed by atoms with Gasteiger partial charge in [0, 0.05) is 13.3 Å². The van der Waals surface area contributed by atoms with E-state index in [-0.39, 0.29) is 5.97 Å².